The lowest BCUT2D eigenvalue weighted by molar-refractivity contribution is 0.313. The number of rotatable bonds is 9. The molecule has 0 unspecified atom stereocenters. The van der Waals surface area contributed by atoms with Gasteiger partial charge in [0.25, 0.3) is 10.0 Å². The van der Waals surface area contributed by atoms with E-state index in [-0.39, 0.29) is 4.90 Å². The molecule has 0 aliphatic heterocycles. The average Bonchev–Trinajstić information content (AvgIpc) is 2.78. The summed E-state index contributed by atoms with van der Waals surface area (Å²) < 4.78 is 34.2. The molecule has 0 aromatic heterocycles. The molecule has 2 N–H and O–H groups in total. The minimum absolute atomic E-state index is 0.244. The number of hydrogen-bond acceptors (Lipinski definition) is 4. The van der Waals surface area contributed by atoms with Crippen LogP contribution in [0.5, 0.6) is 5.75 Å². The van der Waals surface area contributed by atoms with Gasteiger partial charge in [-0.05, 0) is 65.2 Å². The van der Waals surface area contributed by atoms with Crippen LogP contribution in [0.4, 0.5) is 5.69 Å². The van der Waals surface area contributed by atoms with Gasteiger partial charge in [0, 0.05) is 18.8 Å². The van der Waals surface area contributed by atoms with Crippen LogP contribution in [-0.2, 0) is 16.6 Å². The van der Waals surface area contributed by atoms with Crippen LogP contribution in [0.25, 0.3) is 10.8 Å². The van der Waals surface area contributed by atoms with Crippen molar-refractivity contribution in [2.75, 3.05) is 17.9 Å². The predicted molar refractivity (Wildman–Crippen MR) is 130 cm³/mol. The molecule has 4 rings (SSSR count). The summed E-state index contributed by atoms with van der Waals surface area (Å²) in [6.07, 6.45) is 0. The van der Waals surface area contributed by atoms with Crippen molar-refractivity contribution < 1.29 is 13.2 Å². The lowest BCUT2D eigenvalue weighted by Gasteiger charge is -2.11. The van der Waals surface area contributed by atoms with Crippen LogP contribution in [0, 0.1) is 6.92 Å². The van der Waals surface area contributed by atoms with Crippen molar-refractivity contribution in [3.8, 4) is 5.75 Å². The summed E-state index contributed by atoms with van der Waals surface area (Å²) >= 11 is 0. The van der Waals surface area contributed by atoms with Gasteiger partial charge in [-0.3, -0.25) is 4.72 Å². The van der Waals surface area contributed by atoms with Gasteiger partial charge in [-0.15, -0.1) is 0 Å². The van der Waals surface area contributed by atoms with Gasteiger partial charge < -0.3 is 10.1 Å². The number of nitrogens with one attached hydrogen (secondary N) is 2. The molecule has 0 fully saturated rings. The third-order valence-corrected chi connectivity index (χ3v) is 6.46. The second-order valence-electron chi connectivity index (χ2n) is 7.66. The standard InChI is InChI=1S/C26H26N2O3S/c1-20-6-4-11-25(16-20)31-15-14-27-19-21-7-5-10-24(17-21)28-32(29,30)26-13-12-22-8-2-3-9-23(22)18-26/h2-13,16-18,27-28H,14-15,19H2,1H3. The molecule has 0 radical (unpaired) electrons. The average molecular weight is 447 g/mol. The molecule has 0 heterocycles. The molecule has 4 aromatic carbocycles. The summed E-state index contributed by atoms with van der Waals surface area (Å²) in [7, 11) is -3.68. The summed E-state index contributed by atoms with van der Waals surface area (Å²) in [5, 5.41) is 5.22. The Morgan fingerprint density at radius 3 is 2.47 bits per heavy atom. The molecule has 6 heteroatoms. The molecule has 0 aliphatic carbocycles. The van der Waals surface area contributed by atoms with E-state index in [2.05, 4.69) is 10.0 Å². The third-order valence-electron chi connectivity index (χ3n) is 5.08. The van der Waals surface area contributed by atoms with Crippen molar-refractivity contribution >= 4 is 26.5 Å². The van der Waals surface area contributed by atoms with Crippen LogP contribution < -0.4 is 14.8 Å². The van der Waals surface area contributed by atoms with Gasteiger partial charge in [-0.1, -0.05) is 54.6 Å². The second-order valence-corrected chi connectivity index (χ2v) is 9.34. The van der Waals surface area contributed by atoms with Gasteiger partial charge in [0.15, 0.2) is 0 Å². The van der Waals surface area contributed by atoms with Crippen LogP contribution in [0.3, 0.4) is 0 Å². The molecule has 0 atom stereocenters. The SMILES string of the molecule is Cc1cccc(OCCNCc2cccc(NS(=O)(=O)c3ccc4ccccc4c3)c2)c1. The van der Waals surface area contributed by atoms with Gasteiger partial charge in [-0.2, -0.15) is 0 Å². The van der Waals surface area contributed by atoms with Crippen molar-refractivity contribution in [1.82, 2.24) is 5.32 Å². The lowest BCUT2D eigenvalue weighted by Crippen LogP contribution is -2.20. The Hall–Kier alpha value is -3.35. The first-order valence-corrected chi connectivity index (χ1v) is 12.0. The van der Waals surface area contributed by atoms with Crippen LogP contribution in [0.2, 0.25) is 0 Å². The van der Waals surface area contributed by atoms with E-state index < -0.39 is 10.0 Å². The zero-order valence-electron chi connectivity index (χ0n) is 17.9. The predicted octanol–water partition coefficient (Wildman–Crippen LogP) is 5.12. The van der Waals surface area contributed by atoms with E-state index in [1.54, 1.807) is 18.2 Å². The topological polar surface area (TPSA) is 67.4 Å². The van der Waals surface area contributed by atoms with E-state index >= 15 is 0 Å². The van der Waals surface area contributed by atoms with Gasteiger partial charge in [0.05, 0.1) is 4.90 Å². The number of benzene rings is 4. The van der Waals surface area contributed by atoms with Crippen LogP contribution in [0.15, 0.2) is 95.9 Å². The Balaban J connectivity index is 1.33. The quantitative estimate of drug-likeness (QED) is 0.350. The van der Waals surface area contributed by atoms with E-state index in [0.29, 0.717) is 25.4 Å². The fourth-order valence-corrected chi connectivity index (χ4v) is 4.56. The van der Waals surface area contributed by atoms with Crippen molar-refractivity contribution in [2.45, 2.75) is 18.4 Å². The van der Waals surface area contributed by atoms with Gasteiger partial charge in [0.2, 0.25) is 0 Å². The molecule has 5 nitrogen and oxygen atoms in total. The first kappa shape index (κ1) is 21.9. The molecular formula is C26H26N2O3S. The summed E-state index contributed by atoms with van der Waals surface area (Å²) in [5.74, 6) is 0.858. The number of fused-ring (bicyclic) bond motifs is 1. The van der Waals surface area contributed by atoms with Gasteiger partial charge >= 0.3 is 0 Å². The monoisotopic (exact) mass is 446 g/mol. The smallest absolute Gasteiger partial charge is 0.261 e. The minimum atomic E-state index is -3.68. The van der Waals surface area contributed by atoms with Crippen molar-refractivity contribution in [3.63, 3.8) is 0 Å². The van der Waals surface area contributed by atoms with Crippen LogP contribution in [-0.4, -0.2) is 21.6 Å². The molecule has 0 bridgehead atoms. The van der Waals surface area contributed by atoms with E-state index in [0.717, 1.165) is 22.1 Å². The van der Waals surface area contributed by atoms with Crippen molar-refractivity contribution in [2.24, 2.45) is 0 Å². The number of ether oxygens (including phenoxy) is 1. The molecule has 0 amide bonds. The van der Waals surface area contributed by atoms with E-state index in [1.165, 1.54) is 5.56 Å². The van der Waals surface area contributed by atoms with E-state index in [1.807, 2.05) is 79.7 Å². The minimum Gasteiger partial charge on any atom is -0.492 e. The molecule has 32 heavy (non-hydrogen) atoms. The number of hydrogen-bond donors (Lipinski definition) is 2. The Kier molecular flexibility index (Phi) is 6.73. The Bertz CT molecular complexity index is 1320. The molecule has 0 saturated carbocycles. The summed E-state index contributed by atoms with van der Waals surface area (Å²) in [6, 6.07) is 28.2. The highest BCUT2D eigenvalue weighted by Crippen LogP contribution is 2.22. The Morgan fingerprint density at radius 1 is 0.812 bits per heavy atom. The summed E-state index contributed by atoms with van der Waals surface area (Å²) in [5.41, 5.74) is 2.69. The summed E-state index contributed by atoms with van der Waals surface area (Å²) in [6.45, 7) is 3.88. The first-order valence-electron chi connectivity index (χ1n) is 10.5. The number of sulfonamides is 1. The molecule has 0 saturated heterocycles. The molecule has 0 spiro atoms. The maximum Gasteiger partial charge on any atom is 0.261 e. The molecule has 0 aliphatic rings. The largest absolute Gasteiger partial charge is 0.492 e. The molecule has 164 valence electrons. The normalized spacial score (nSPS) is 11.4. The Morgan fingerprint density at radius 2 is 1.62 bits per heavy atom. The highest BCUT2D eigenvalue weighted by molar-refractivity contribution is 7.92. The maximum atomic E-state index is 12.9. The van der Waals surface area contributed by atoms with E-state index in [9.17, 15) is 8.42 Å². The molecule has 4 aromatic rings. The van der Waals surface area contributed by atoms with Crippen molar-refractivity contribution in [3.05, 3.63) is 102 Å². The first-order chi connectivity index (χ1) is 15.5. The zero-order valence-corrected chi connectivity index (χ0v) is 18.7. The zero-order chi connectivity index (χ0) is 22.4. The van der Waals surface area contributed by atoms with Gasteiger partial charge in [0.1, 0.15) is 12.4 Å². The number of aryl methyl sites for hydroxylation is 1. The van der Waals surface area contributed by atoms with Crippen LogP contribution in [0.1, 0.15) is 11.1 Å². The van der Waals surface area contributed by atoms with E-state index in [4.69, 9.17) is 4.74 Å². The fraction of sp³-hybridized carbons (Fsp3) is 0.154. The third kappa shape index (κ3) is 5.66. The number of anilines is 1. The molecular weight excluding hydrogens is 420 g/mol. The fourth-order valence-electron chi connectivity index (χ4n) is 3.47. The highest BCUT2D eigenvalue weighted by Gasteiger charge is 2.15. The summed E-state index contributed by atoms with van der Waals surface area (Å²) in [4.78, 5) is 0.244. The van der Waals surface area contributed by atoms with Crippen molar-refractivity contribution in [1.29, 1.82) is 0 Å². The highest BCUT2D eigenvalue weighted by atomic mass is 32.2. The second kappa shape index (κ2) is 9.85. The van der Waals surface area contributed by atoms with Crippen LogP contribution >= 0.6 is 0 Å². The lowest BCUT2D eigenvalue weighted by atomic mass is 10.1. The van der Waals surface area contributed by atoms with Gasteiger partial charge in [-0.25, -0.2) is 8.42 Å². The maximum absolute atomic E-state index is 12.9. The Labute approximate surface area is 189 Å².